The van der Waals surface area contributed by atoms with Crippen LogP contribution in [0, 0.1) is 0 Å². The molecular weight excluding hydrogens is 204 g/mol. The summed E-state index contributed by atoms with van der Waals surface area (Å²) in [5, 5.41) is 0. The molecule has 0 saturated heterocycles. The summed E-state index contributed by atoms with van der Waals surface area (Å²) in [7, 11) is 1.54. The fourth-order valence-electron chi connectivity index (χ4n) is 1.57. The molecule has 0 bridgehead atoms. The van der Waals surface area contributed by atoms with Gasteiger partial charge in [-0.2, -0.15) is 0 Å². The van der Waals surface area contributed by atoms with Crippen LogP contribution < -0.4 is 10.5 Å². The molecular formula is C12H18N2O2. The number of ether oxygens (including phenoxy) is 1. The maximum atomic E-state index is 12.1. The highest BCUT2D eigenvalue weighted by molar-refractivity contribution is 5.97. The monoisotopic (exact) mass is 222 g/mol. The Balaban J connectivity index is 3.07. The predicted octanol–water partition coefficient (Wildman–Crippen LogP) is 1.76. The summed E-state index contributed by atoms with van der Waals surface area (Å²) in [4.78, 5) is 13.8. The van der Waals surface area contributed by atoms with Crippen LogP contribution in [0.4, 0.5) is 5.69 Å². The molecule has 4 nitrogen and oxygen atoms in total. The van der Waals surface area contributed by atoms with Gasteiger partial charge in [-0.25, -0.2) is 0 Å². The maximum absolute atomic E-state index is 12.1. The highest BCUT2D eigenvalue weighted by atomic mass is 16.5. The van der Waals surface area contributed by atoms with E-state index in [2.05, 4.69) is 0 Å². The second kappa shape index (κ2) is 5.39. The summed E-state index contributed by atoms with van der Waals surface area (Å²) >= 11 is 0. The van der Waals surface area contributed by atoms with Crippen molar-refractivity contribution in [3.8, 4) is 5.75 Å². The number of methoxy groups -OCH3 is 1. The minimum absolute atomic E-state index is 0.0261. The van der Waals surface area contributed by atoms with Gasteiger partial charge in [-0.15, -0.1) is 0 Å². The van der Waals surface area contributed by atoms with Gasteiger partial charge in [0.15, 0.2) is 0 Å². The van der Waals surface area contributed by atoms with Gasteiger partial charge >= 0.3 is 0 Å². The Kier molecular flexibility index (Phi) is 4.17. The van der Waals surface area contributed by atoms with Crippen LogP contribution in [0.25, 0.3) is 0 Å². The molecule has 0 fully saturated rings. The zero-order valence-corrected chi connectivity index (χ0v) is 9.99. The quantitative estimate of drug-likeness (QED) is 0.790. The summed E-state index contributed by atoms with van der Waals surface area (Å²) in [6.07, 6.45) is 0. The number of carbonyl (C=O) groups is 1. The Bertz CT molecular complexity index is 373. The normalized spacial score (nSPS) is 9.94. The van der Waals surface area contributed by atoms with Crippen LogP contribution in [-0.2, 0) is 0 Å². The number of hydrogen-bond donors (Lipinski definition) is 1. The molecule has 88 valence electrons. The number of amides is 1. The van der Waals surface area contributed by atoms with Crippen molar-refractivity contribution >= 4 is 11.6 Å². The number of nitrogens with zero attached hydrogens (tertiary/aromatic N) is 1. The molecule has 1 aromatic carbocycles. The largest absolute Gasteiger partial charge is 0.496 e. The lowest BCUT2D eigenvalue weighted by Crippen LogP contribution is -2.30. The minimum Gasteiger partial charge on any atom is -0.496 e. The van der Waals surface area contributed by atoms with Crippen LogP contribution in [-0.4, -0.2) is 31.0 Å². The van der Waals surface area contributed by atoms with Gasteiger partial charge in [0, 0.05) is 24.8 Å². The Morgan fingerprint density at radius 1 is 1.38 bits per heavy atom. The van der Waals surface area contributed by atoms with Crippen LogP contribution in [0.15, 0.2) is 18.2 Å². The maximum Gasteiger partial charge on any atom is 0.257 e. The number of hydrogen-bond acceptors (Lipinski definition) is 3. The average Bonchev–Trinajstić information content (AvgIpc) is 2.30. The minimum atomic E-state index is -0.0261. The summed E-state index contributed by atoms with van der Waals surface area (Å²) in [5.74, 6) is 0.499. The van der Waals surface area contributed by atoms with E-state index in [9.17, 15) is 4.79 Å². The standard InChI is InChI=1S/C12H18N2O2/c1-4-14(5-2)12(15)10-7-6-9(13)8-11(10)16-3/h6-8H,4-5,13H2,1-3H3. The van der Waals surface area contributed by atoms with Gasteiger partial charge in [0.2, 0.25) is 0 Å². The van der Waals surface area contributed by atoms with E-state index in [1.807, 2.05) is 13.8 Å². The van der Waals surface area contributed by atoms with E-state index in [-0.39, 0.29) is 5.91 Å². The first-order chi connectivity index (χ1) is 7.63. The van der Waals surface area contributed by atoms with Gasteiger partial charge in [0.05, 0.1) is 12.7 Å². The summed E-state index contributed by atoms with van der Waals surface area (Å²) in [6, 6.07) is 5.07. The number of nitrogen functional groups attached to an aromatic ring is 1. The van der Waals surface area contributed by atoms with Crippen molar-refractivity contribution in [1.82, 2.24) is 4.90 Å². The number of anilines is 1. The van der Waals surface area contributed by atoms with Crippen LogP contribution in [0.3, 0.4) is 0 Å². The van der Waals surface area contributed by atoms with Gasteiger partial charge in [0.25, 0.3) is 5.91 Å². The number of benzene rings is 1. The molecule has 0 aromatic heterocycles. The third kappa shape index (κ3) is 2.45. The predicted molar refractivity (Wildman–Crippen MR) is 64.7 cm³/mol. The highest BCUT2D eigenvalue weighted by Crippen LogP contribution is 2.22. The lowest BCUT2D eigenvalue weighted by atomic mass is 10.1. The van der Waals surface area contributed by atoms with E-state index >= 15 is 0 Å². The van der Waals surface area contributed by atoms with Crippen molar-refractivity contribution < 1.29 is 9.53 Å². The topological polar surface area (TPSA) is 55.6 Å². The molecule has 16 heavy (non-hydrogen) atoms. The summed E-state index contributed by atoms with van der Waals surface area (Å²) in [6.45, 7) is 5.27. The van der Waals surface area contributed by atoms with Crippen LogP contribution in [0.1, 0.15) is 24.2 Å². The molecule has 4 heteroatoms. The lowest BCUT2D eigenvalue weighted by molar-refractivity contribution is 0.0769. The van der Waals surface area contributed by atoms with Crippen molar-refractivity contribution in [1.29, 1.82) is 0 Å². The molecule has 0 radical (unpaired) electrons. The molecule has 0 unspecified atom stereocenters. The zero-order chi connectivity index (χ0) is 12.1. The number of rotatable bonds is 4. The van der Waals surface area contributed by atoms with Gasteiger partial charge in [-0.05, 0) is 26.0 Å². The van der Waals surface area contributed by atoms with Crippen molar-refractivity contribution in [3.05, 3.63) is 23.8 Å². The molecule has 1 rings (SSSR count). The van der Waals surface area contributed by atoms with Gasteiger partial charge < -0.3 is 15.4 Å². The van der Waals surface area contributed by atoms with Crippen LogP contribution in [0.2, 0.25) is 0 Å². The van der Waals surface area contributed by atoms with Crippen molar-refractivity contribution in [2.24, 2.45) is 0 Å². The second-order valence-electron chi connectivity index (χ2n) is 3.44. The van der Waals surface area contributed by atoms with Gasteiger partial charge in [0.1, 0.15) is 5.75 Å². The van der Waals surface area contributed by atoms with E-state index in [4.69, 9.17) is 10.5 Å². The molecule has 2 N–H and O–H groups in total. The third-order valence-electron chi connectivity index (χ3n) is 2.51. The van der Waals surface area contributed by atoms with Gasteiger partial charge in [-0.1, -0.05) is 0 Å². The molecule has 0 heterocycles. The van der Waals surface area contributed by atoms with E-state index in [0.29, 0.717) is 30.1 Å². The zero-order valence-electron chi connectivity index (χ0n) is 9.99. The smallest absolute Gasteiger partial charge is 0.257 e. The lowest BCUT2D eigenvalue weighted by Gasteiger charge is -2.20. The Hall–Kier alpha value is -1.71. The molecule has 1 amide bonds. The fourth-order valence-corrected chi connectivity index (χ4v) is 1.57. The van der Waals surface area contributed by atoms with Crippen molar-refractivity contribution in [3.63, 3.8) is 0 Å². The molecule has 0 aliphatic carbocycles. The summed E-state index contributed by atoms with van der Waals surface area (Å²) in [5.41, 5.74) is 6.79. The second-order valence-corrected chi connectivity index (χ2v) is 3.44. The first kappa shape index (κ1) is 12.4. The summed E-state index contributed by atoms with van der Waals surface area (Å²) < 4.78 is 5.16. The van der Waals surface area contributed by atoms with E-state index in [1.54, 1.807) is 23.1 Å². The SMILES string of the molecule is CCN(CC)C(=O)c1ccc(N)cc1OC. The number of carbonyl (C=O) groups excluding carboxylic acids is 1. The van der Waals surface area contributed by atoms with E-state index in [1.165, 1.54) is 7.11 Å². The first-order valence-corrected chi connectivity index (χ1v) is 5.36. The Morgan fingerprint density at radius 3 is 2.50 bits per heavy atom. The highest BCUT2D eigenvalue weighted by Gasteiger charge is 2.16. The molecule has 0 spiro atoms. The molecule has 0 aliphatic heterocycles. The Labute approximate surface area is 96.0 Å². The first-order valence-electron chi connectivity index (χ1n) is 5.36. The van der Waals surface area contributed by atoms with Crippen LogP contribution in [0.5, 0.6) is 5.75 Å². The number of nitrogens with two attached hydrogens (primary N) is 1. The molecule has 0 saturated carbocycles. The molecule has 0 aliphatic rings. The van der Waals surface area contributed by atoms with Crippen LogP contribution >= 0.6 is 0 Å². The average molecular weight is 222 g/mol. The van der Waals surface area contributed by atoms with Gasteiger partial charge in [-0.3, -0.25) is 4.79 Å². The fraction of sp³-hybridized carbons (Fsp3) is 0.417. The molecule has 1 aromatic rings. The van der Waals surface area contributed by atoms with E-state index < -0.39 is 0 Å². The van der Waals surface area contributed by atoms with E-state index in [0.717, 1.165) is 0 Å². The van der Waals surface area contributed by atoms with Crippen molar-refractivity contribution in [2.75, 3.05) is 25.9 Å². The molecule has 0 atom stereocenters. The third-order valence-corrected chi connectivity index (χ3v) is 2.51. The Morgan fingerprint density at radius 2 is 2.00 bits per heavy atom. The van der Waals surface area contributed by atoms with Crippen molar-refractivity contribution in [2.45, 2.75) is 13.8 Å².